The van der Waals surface area contributed by atoms with Crippen LogP contribution < -0.4 is 5.32 Å². The summed E-state index contributed by atoms with van der Waals surface area (Å²) in [7, 11) is 0. The van der Waals surface area contributed by atoms with Gasteiger partial charge in [0.25, 0.3) is 0 Å². The summed E-state index contributed by atoms with van der Waals surface area (Å²) in [4.78, 5) is 16.0. The van der Waals surface area contributed by atoms with Crippen LogP contribution in [0, 0.1) is 6.92 Å². The van der Waals surface area contributed by atoms with Crippen molar-refractivity contribution in [3.05, 3.63) is 40.3 Å². The van der Waals surface area contributed by atoms with Crippen LogP contribution in [0.4, 0.5) is 0 Å². The van der Waals surface area contributed by atoms with Gasteiger partial charge in [0.05, 0.1) is 24.8 Å². The van der Waals surface area contributed by atoms with E-state index < -0.39 is 0 Å². The molecular formula is C18H26N4OS. The van der Waals surface area contributed by atoms with Crippen molar-refractivity contribution in [2.24, 2.45) is 0 Å². The Kier molecular flexibility index (Phi) is 5.36. The van der Waals surface area contributed by atoms with E-state index >= 15 is 0 Å². The van der Waals surface area contributed by atoms with E-state index in [4.69, 9.17) is 0 Å². The molecule has 1 N–H and O–H groups in total. The highest BCUT2D eigenvalue weighted by Crippen LogP contribution is 2.34. The van der Waals surface area contributed by atoms with Gasteiger partial charge in [0.1, 0.15) is 0 Å². The number of nitrogens with zero attached hydrogens (tertiary/aromatic N) is 3. The lowest BCUT2D eigenvalue weighted by Crippen LogP contribution is -2.42. The predicted molar refractivity (Wildman–Crippen MR) is 97.1 cm³/mol. The summed E-state index contributed by atoms with van der Waals surface area (Å²) in [6, 6.07) is 4.85. The predicted octanol–water partition coefficient (Wildman–Crippen LogP) is 3.16. The Labute approximate surface area is 147 Å². The first-order valence-corrected chi connectivity index (χ1v) is 9.51. The van der Waals surface area contributed by atoms with E-state index in [0.717, 1.165) is 24.9 Å². The number of amides is 1. The molecule has 1 amide bonds. The van der Waals surface area contributed by atoms with Gasteiger partial charge in [-0.3, -0.25) is 9.48 Å². The molecule has 24 heavy (non-hydrogen) atoms. The summed E-state index contributed by atoms with van der Waals surface area (Å²) >= 11 is 1.74. The molecule has 0 unspecified atom stereocenters. The molecule has 2 aromatic heterocycles. The lowest BCUT2D eigenvalue weighted by Gasteiger charge is -2.26. The highest BCUT2D eigenvalue weighted by atomic mass is 32.1. The molecule has 2 aromatic rings. The number of hydrogen-bond acceptors (Lipinski definition) is 4. The number of carbonyl (C=O) groups is 1. The van der Waals surface area contributed by atoms with Gasteiger partial charge < -0.3 is 10.2 Å². The van der Waals surface area contributed by atoms with Gasteiger partial charge in [0.15, 0.2) is 0 Å². The van der Waals surface area contributed by atoms with E-state index in [2.05, 4.69) is 41.8 Å². The zero-order valence-corrected chi connectivity index (χ0v) is 15.4. The van der Waals surface area contributed by atoms with Gasteiger partial charge in [-0.2, -0.15) is 5.10 Å². The Hall–Kier alpha value is -1.66. The molecule has 3 heterocycles. The number of rotatable bonds is 6. The molecule has 0 bridgehead atoms. The van der Waals surface area contributed by atoms with E-state index in [-0.39, 0.29) is 24.0 Å². The Morgan fingerprint density at radius 3 is 3.00 bits per heavy atom. The second-order valence-corrected chi connectivity index (χ2v) is 7.65. The molecule has 5 nitrogen and oxygen atoms in total. The van der Waals surface area contributed by atoms with Crippen LogP contribution in [-0.2, 0) is 4.79 Å². The molecule has 1 saturated heterocycles. The van der Waals surface area contributed by atoms with E-state index in [0.29, 0.717) is 6.54 Å². The molecule has 0 spiro atoms. The lowest BCUT2D eigenvalue weighted by molar-refractivity contribution is -0.131. The Balaban J connectivity index is 1.55. The van der Waals surface area contributed by atoms with Crippen LogP contribution in [0.3, 0.4) is 0 Å². The van der Waals surface area contributed by atoms with Gasteiger partial charge in [-0.25, -0.2) is 0 Å². The number of aromatic nitrogens is 2. The van der Waals surface area contributed by atoms with Crippen molar-refractivity contribution in [1.29, 1.82) is 0 Å². The van der Waals surface area contributed by atoms with Crippen LogP contribution >= 0.6 is 11.3 Å². The van der Waals surface area contributed by atoms with Gasteiger partial charge in [0.2, 0.25) is 5.91 Å². The van der Waals surface area contributed by atoms with Crippen LogP contribution in [0.15, 0.2) is 29.9 Å². The number of thiophene rings is 1. The van der Waals surface area contributed by atoms with Crippen LogP contribution in [0.2, 0.25) is 0 Å². The lowest BCUT2D eigenvalue weighted by atomic mass is 10.1. The fraction of sp³-hybridized carbons (Fsp3) is 0.556. The maximum Gasteiger partial charge on any atom is 0.237 e. The summed E-state index contributed by atoms with van der Waals surface area (Å²) in [5.74, 6) is 0.196. The van der Waals surface area contributed by atoms with E-state index in [1.54, 1.807) is 11.3 Å². The summed E-state index contributed by atoms with van der Waals surface area (Å²) in [5, 5.41) is 9.84. The maximum absolute atomic E-state index is 12.7. The number of likely N-dealkylation sites (tertiary alicyclic amines) is 1. The number of carbonyl (C=O) groups excluding carboxylic acids is 1. The van der Waals surface area contributed by atoms with Gasteiger partial charge in [-0.15, -0.1) is 11.3 Å². The fourth-order valence-corrected chi connectivity index (χ4v) is 4.12. The molecule has 1 aliphatic heterocycles. The molecule has 1 aliphatic rings. The van der Waals surface area contributed by atoms with Crippen LogP contribution in [0.5, 0.6) is 0 Å². The molecule has 3 rings (SSSR count). The SMILES string of the molecule is Cc1cnn([C@H](C)[C@@H](C)NCC(=O)N2CCC[C@@H]2c2cccs2)c1. The van der Waals surface area contributed by atoms with Crippen molar-refractivity contribution in [2.75, 3.05) is 13.1 Å². The normalized spacial score (nSPS) is 20.3. The summed E-state index contributed by atoms with van der Waals surface area (Å²) in [6.45, 7) is 7.52. The highest BCUT2D eigenvalue weighted by Gasteiger charge is 2.30. The summed E-state index contributed by atoms with van der Waals surface area (Å²) in [6.07, 6.45) is 6.07. The van der Waals surface area contributed by atoms with E-state index in [1.807, 2.05) is 28.9 Å². The van der Waals surface area contributed by atoms with Crippen molar-refractivity contribution in [3.8, 4) is 0 Å². The Morgan fingerprint density at radius 2 is 2.33 bits per heavy atom. The van der Waals surface area contributed by atoms with Crippen molar-refractivity contribution in [1.82, 2.24) is 20.0 Å². The third-order valence-electron chi connectivity index (χ3n) is 4.89. The van der Waals surface area contributed by atoms with Gasteiger partial charge in [0, 0.05) is 23.7 Å². The molecule has 0 aromatic carbocycles. The second-order valence-electron chi connectivity index (χ2n) is 6.67. The van der Waals surface area contributed by atoms with E-state index in [1.165, 1.54) is 4.88 Å². The molecular weight excluding hydrogens is 320 g/mol. The quantitative estimate of drug-likeness (QED) is 0.874. The maximum atomic E-state index is 12.7. The second kappa shape index (κ2) is 7.49. The third kappa shape index (κ3) is 3.70. The molecule has 1 fully saturated rings. The van der Waals surface area contributed by atoms with Crippen molar-refractivity contribution in [2.45, 2.75) is 51.7 Å². The Morgan fingerprint density at radius 1 is 1.50 bits per heavy atom. The Bertz CT molecular complexity index is 666. The first-order chi connectivity index (χ1) is 11.6. The zero-order chi connectivity index (χ0) is 17.1. The van der Waals surface area contributed by atoms with Crippen LogP contribution in [-0.4, -0.2) is 39.7 Å². The van der Waals surface area contributed by atoms with Crippen molar-refractivity contribution in [3.63, 3.8) is 0 Å². The largest absolute Gasteiger partial charge is 0.334 e. The van der Waals surface area contributed by atoms with E-state index in [9.17, 15) is 4.79 Å². The highest BCUT2D eigenvalue weighted by molar-refractivity contribution is 7.10. The fourth-order valence-electron chi connectivity index (χ4n) is 3.25. The molecule has 0 aliphatic carbocycles. The average Bonchev–Trinajstić information content (AvgIpc) is 3.30. The number of nitrogens with one attached hydrogen (secondary N) is 1. The number of aryl methyl sites for hydroxylation is 1. The van der Waals surface area contributed by atoms with Crippen molar-refractivity contribution >= 4 is 17.2 Å². The molecule has 3 atom stereocenters. The minimum absolute atomic E-state index is 0.177. The minimum Gasteiger partial charge on any atom is -0.334 e. The molecule has 0 radical (unpaired) electrons. The van der Waals surface area contributed by atoms with Gasteiger partial charge >= 0.3 is 0 Å². The first-order valence-electron chi connectivity index (χ1n) is 8.63. The van der Waals surface area contributed by atoms with Crippen LogP contribution in [0.25, 0.3) is 0 Å². The van der Waals surface area contributed by atoms with Gasteiger partial charge in [-0.1, -0.05) is 6.07 Å². The monoisotopic (exact) mass is 346 g/mol. The molecule has 6 heteroatoms. The topological polar surface area (TPSA) is 50.2 Å². The summed E-state index contributed by atoms with van der Waals surface area (Å²) < 4.78 is 1.96. The first kappa shape index (κ1) is 17.2. The minimum atomic E-state index is 0.177. The standard InChI is InChI=1S/C18H26N4OS/c1-13-10-20-22(12-13)15(3)14(2)19-11-18(23)21-8-4-6-16(21)17-7-5-9-24-17/h5,7,9-10,12,14-16,19H,4,6,8,11H2,1-3H3/t14-,15-,16-/m1/s1. The zero-order valence-electron chi connectivity index (χ0n) is 14.6. The average molecular weight is 346 g/mol. The third-order valence-corrected chi connectivity index (χ3v) is 5.87. The summed E-state index contributed by atoms with van der Waals surface area (Å²) in [5.41, 5.74) is 1.15. The van der Waals surface area contributed by atoms with Crippen molar-refractivity contribution < 1.29 is 4.79 Å². The van der Waals surface area contributed by atoms with Crippen LogP contribution in [0.1, 0.15) is 49.2 Å². The number of hydrogen-bond donors (Lipinski definition) is 1. The van der Waals surface area contributed by atoms with Gasteiger partial charge in [-0.05, 0) is 50.6 Å². The molecule has 130 valence electrons. The smallest absolute Gasteiger partial charge is 0.237 e. The molecule has 0 saturated carbocycles.